The largest absolute Gasteiger partial charge is 0.478 e. The smallest absolute Gasteiger partial charge is 0.335 e. The van der Waals surface area contributed by atoms with Crippen molar-refractivity contribution in [2.24, 2.45) is 0 Å². The van der Waals surface area contributed by atoms with E-state index >= 15 is 0 Å². The Morgan fingerprint density at radius 3 is 2.86 bits per heavy atom. The Labute approximate surface area is 131 Å². The van der Waals surface area contributed by atoms with E-state index in [9.17, 15) is 9.90 Å². The molecule has 0 amide bonds. The van der Waals surface area contributed by atoms with Crippen LogP contribution in [0.4, 0.5) is 0 Å². The summed E-state index contributed by atoms with van der Waals surface area (Å²) >= 11 is 0. The molecule has 0 spiro atoms. The monoisotopic (exact) mass is 303 g/mol. The number of rotatable bonds is 6. The first-order chi connectivity index (χ1) is 10.6. The molecule has 3 rings (SSSR count). The Morgan fingerprint density at radius 1 is 1.41 bits per heavy atom. The van der Waals surface area contributed by atoms with Crippen LogP contribution in [0.5, 0.6) is 0 Å². The van der Waals surface area contributed by atoms with Gasteiger partial charge in [-0.15, -0.1) is 0 Å². The van der Waals surface area contributed by atoms with Crippen molar-refractivity contribution in [2.45, 2.75) is 50.0 Å². The van der Waals surface area contributed by atoms with Gasteiger partial charge in [0.05, 0.1) is 11.2 Å². The number of ether oxygens (including phenoxy) is 1. The maximum atomic E-state index is 11.2. The van der Waals surface area contributed by atoms with Gasteiger partial charge in [-0.3, -0.25) is 0 Å². The van der Waals surface area contributed by atoms with Crippen LogP contribution < -0.4 is 5.32 Å². The van der Waals surface area contributed by atoms with E-state index in [1.165, 1.54) is 24.0 Å². The lowest BCUT2D eigenvalue weighted by molar-refractivity contribution is -0.0694. The van der Waals surface area contributed by atoms with Gasteiger partial charge in [0.1, 0.15) is 0 Å². The molecule has 1 saturated carbocycles. The highest BCUT2D eigenvalue weighted by Crippen LogP contribution is 2.35. The number of fused-ring (bicyclic) bond motifs is 1. The lowest BCUT2D eigenvalue weighted by Gasteiger charge is -2.41. The minimum absolute atomic E-state index is 0.0421. The predicted molar refractivity (Wildman–Crippen MR) is 85.5 cm³/mol. The summed E-state index contributed by atoms with van der Waals surface area (Å²) < 4.78 is 5.64. The van der Waals surface area contributed by atoms with Crippen LogP contribution in [0.1, 0.15) is 59.5 Å². The fourth-order valence-electron chi connectivity index (χ4n) is 3.74. The van der Waals surface area contributed by atoms with Gasteiger partial charge in [0.25, 0.3) is 0 Å². The molecule has 1 atom stereocenters. The summed E-state index contributed by atoms with van der Waals surface area (Å²) in [5.74, 6) is -0.426. The van der Waals surface area contributed by atoms with Crippen molar-refractivity contribution in [3.05, 3.63) is 34.9 Å². The number of aromatic carboxylic acids is 1. The van der Waals surface area contributed by atoms with Crippen LogP contribution in [0.25, 0.3) is 0 Å². The number of aryl methyl sites for hydroxylation is 1. The average Bonchev–Trinajstić information content (AvgIpc) is 2.49. The molecule has 1 aromatic rings. The zero-order valence-electron chi connectivity index (χ0n) is 13.2. The normalized spacial score (nSPS) is 22.7. The maximum Gasteiger partial charge on any atom is 0.335 e. The summed E-state index contributed by atoms with van der Waals surface area (Å²) in [6.07, 6.45) is 6.91. The number of benzene rings is 1. The SMILES string of the molecule is COC1(CNCC2CCCc3ccc(C(=O)O)cc32)CCC1. The Balaban J connectivity index is 1.66. The molecule has 4 heteroatoms. The summed E-state index contributed by atoms with van der Waals surface area (Å²) in [7, 11) is 1.80. The van der Waals surface area contributed by atoms with Crippen molar-refractivity contribution in [1.82, 2.24) is 5.32 Å². The van der Waals surface area contributed by atoms with Gasteiger partial charge in [-0.05, 0) is 67.7 Å². The minimum atomic E-state index is -0.840. The number of carbonyl (C=O) groups is 1. The van der Waals surface area contributed by atoms with Gasteiger partial charge in [0.15, 0.2) is 0 Å². The fraction of sp³-hybridized carbons (Fsp3) is 0.611. The van der Waals surface area contributed by atoms with Gasteiger partial charge in [0.2, 0.25) is 0 Å². The van der Waals surface area contributed by atoms with Crippen molar-refractivity contribution in [3.8, 4) is 0 Å². The van der Waals surface area contributed by atoms with Crippen LogP contribution >= 0.6 is 0 Å². The van der Waals surface area contributed by atoms with Gasteiger partial charge in [-0.25, -0.2) is 4.79 Å². The first kappa shape index (κ1) is 15.5. The van der Waals surface area contributed by atoms with Gasteiger partial charge in [0, 0.05) is 20.2 Å². The molecule has 22 heavy (non-hydrogen) atoms. The standard InChI is InChI=1S/C18H25NO3/c1-22-18(8-3-9-18)12-19-11-15-5-2-4-13-6-7-14(17(20)21)10-16(13)15/h6-7,10,15,19H,2-5,8-9,11-12H2,1H3,(H,20,21). The van der Waals surface area contributed by atoms with Gasteiger partial charge >= 0.3 is 5.97 Å². The van der Waals surface area contributed by atoms with E-state index in [0.717, 1.165) is 38.8 Å². The first-order valence-electron chi connectivity index (χ1n) is 8.25. The van der Waals surface area contributed by atoms with Crippen molar-refractivity contribution in [1.29, 1.82) is 0 Å². The number of hydrogen-bond donors (Lipinski definition) is 2. The zero-order chi connectivity index (χ0) is 15.6. The second-order valence-corrected chi connectivity index (χ2v) is 6.68. The number of carboxylic acids is 1. The summed E-state index contributed by atoms with van der Waals surface area (Å²) in [6.45, 7) is 1.80. The van der Waals surface area contributed by atoms with Crippen molar-refractivity contribution < 1.29 is 14.6 Å². The van der Waals surface area contributed by atoms with E-state index in [0.29, 0.717) is 11.5 Å². The van der Waals surface area contributed by atoms with Crippen LogP contribution in [0.15, 0.2) is 18.2 Å². The number of hydrogen-bond acceptors (Lipinski definition) is 3. The van der Waals surface area contributed by atoms with Gasteiger partial charge in [-0.1, -0.05) is 6.07 Å². The van der Waals surface area contributed by atoms with Crippen molar-refractivity contribution in [2.75, 3.05) is 20.2 Å². The molecular weight excluding hydrogens is 278 g/mol. The second-order valence-electron chi connectivity index (χ2n) is 6.68. The van der Waals surface area contributed by atoms with Crippen LogP contribution in [-0.4, -0.2) is 36.9 Å². The van der Waals surface area contributed by atoms with E-state index in [-0.39, 0.29) is 5.60 Å². The van der Waals surface area contributed by atoms with Crippen molar-refractivity contribution >= 4 is 5.97 Å². The Morgan fingerprint density at radius 2 is 2.23 bits per heavy atom. The highest BCUT2D eigenvalue weighted by atomic mass is 16.5. The van der Waals surface area contributed by atoms with E-state index < -0.39 is 5.97 Å². The van der Waals surface area contributed by atoms with E-state index in [2.05, 4.69) is 5.32 Å². The molecule has 0 radical (unpaired) electrons. The van der Waals surface area contributed by atoms with Crippen LogP contribution in [0.2, 0.25) is 0 Å². The third kappa shape index (κ3) is 3.03. The van der Waals surface area contributed by atoms with Gasteiger partial charge in [-0.2, -0.15) is 0 Å². The fourth-order valence-corrected chi connectivity index (χ4v) is 3.74. The first-order valence-corrected chi connectivity index (χ1v) is 8.25. The molecule has 0 saturated heterocycles. The number of carboxylic acid groups (broad SMARTS) is 1. The Hall–Kier alpha value is -1.39. The molecule has 2 N–H and O–H groups in total. The van der Waals surface area contributed by atoms with Gasteiger partial charge < -0.3 is 15.2 Å². The third-order valence-corrected chi connectivity index (χ3v) is 5.37. The Bertz CT molecular complexity index is 546. The van der Waals surface area contributed by atoms with Crippen LogP contribution in [0.3, 0.4) is 0 Å². The predicted octanol–water partition coefficient (Wildman–Crippen LogP) is 2.96. The van der Waals surface area contributed by atoms with Crippen LogP contribution in [0, 0.1) is 0 Å². The molecule has 1 aromatic carbocycles. The second kappa shape index (κ2) is 6.39. The lowest BCUT2D eigenvalue weighted by Crippen LogP contribution is -2.48. The molecule has 0 aromatic heterocycles. The molecule has 1 unspecified atom stereocenters. The number of methoxy groups -OCH3 is 1. The lowest BCUT2D eigenvalue weighted by atomic mass is 9.79. The third-order valence-electron chi connectivity index (χ3n) is 5.37. The quantitative estimate of drug-likeness (QED) is 0.848. The number of nitrogens with one attached hydrogen (secondary N) is 1. The molecule has 0 heterocycles. The summed E-state index contributed by atoms with van der Waals surface area (Å²) in [4.78, 5) is 11.2. The molecule has 4 nitrogen and oxygen atoms in total. The van der Waals surface area contributed by atoms with E-state index in [1.54, 1.807) is 13.2 Å². The topological polar surface area (TPSA) is 58.6 Å². The molecule has 0 bridgehead atoms. The highest BCUT2D eigenvalue weighted by molar-refractivity contribution is 5.88. The maximum absolute atomic E-state index is 11.2. The van der Waals surface area contributed by atoms with Crippen molar-refractivity contribution in [3.63, 3.8) is 0 Å². The zero-order valence-corrected chi connectivity index (χ0v) is 13.2. The van der Waals surface area contributed by atoms with E-state index in [1.807, 2.05) is 12.1 Å². The summed E-state index contributed by atoms with van der Waals surface area (Å²) in [6, 6.07) is 5.59. The van der Waals surface area contributed by atoms with Crippen LogP contribution in [-0.2, 0) is 11.2 Å². The molecule has 0 aliphatic heterocycles. The molecule has 2 aliphatic rings. The Kier molecular flexibility index (Phi) is 4.50. The molecule has 2 aliphatic carbocycles. The molecule has 1 fully saturated rings. The minimum Gasteiger partial charge on any atom is -0.478 e. The average molecular weight is 303 g/mol. The summed E-state index contributed by atoms with van der Waals surface area (Å²) in [5.41, 5.74) is 2.98. The van der Waals surface area contributed by atoms with E-state index in [4.69, 9.17) is 4.74 Å². The molecule has 120 valence electrons. The molecular formula is C18H25NO3. The summed E-state index contributed by atoms with van der Waals surface area (Å²) in [5, 5.41) is 12.8. The highest BCUT2D eigenvalue weighted by Gasteiger charge is 2.36.